The smallest absolute Gasteiger partial charge is 0.254 e. The van der Waals surface area contributed by atoms with E-state index in [1.807, 2.05) is 29.2 Å². The van der Waals surface area contributed by atoms with E-state index in [0.717, 1.165) is 71.1 Å². The summed E-state index contributed by atoms with van der Waals surface area (Å²) in [7, 11) is 0. The molecule has 1 aromatic heterocycles. The van der Waals surface area contributed by atoms with Gasteiger partial charge >= 0.3 is 0 Å². The molecule has 1 amide bonds. The zero-order chi connectivity index (χ0) is 21.2. The lowest BCUT2D eigenvalue weighted by Gasteiger charge is -2.21. The Hall–Kier alpha value is -2.86. The Morgan fingerprint density at radius 1 is 0.879 bits per heavy atom. The summed E-state index contributed by atoms with van der Waals surface area (Å²) in [5.74, 6) is 0.103. The van der Waals surface area contributed by atoms with Crippen LogP contribution in [0.15, 0.2) is 72.9 Å². The number of nitrogens with zero attached hydrogens (tertiary/aromatic N) is 2. The monoisotopic (exact) mass is 482 g/mol. The molecule has 0 spiro atoms. The van der Waals surface area contributed by atoms with Crippen LogP contribution >= 0.6 is 24.8 Å². The maximum absolute atomic E-state index is 13.4. The first-order valence-corrected chi connectivity index (χ1v) is 10.9. The Kier molecular flexibility index (Phi) is 8.14. The van der Waals surface area contributed by atoms with Crippen molar-refractivity contribution in [1.82, 2.24) is 15.1 Å². The minimum Gasteiger partial charge on any atom is -0.339 e. The van der Waals surface area contributed by atoms with Crippen LogP contribution in [0.2, 0.25) is 0 Å². The zero-order valence-electron chi connectivity index (χ0n) is 18.2. The summed E-state index contributed by atoms with van der Waals surface area (Å²) in [6, 6.07) is 22.8. The number of hydrogen-bond acceptors (Lipinski definition) is 3. The molecule has 3 N–H and O–H groups in total. The summed E-state index contributed by atoms with van der Waals surface area (Å²) in [5, 5.41) is 9.12. The SMILES string of the molecule is Cl.Cl.NC1CCCN(C(=O)c2cccc3c(-c4ccc(-c5ccn[nH]5)cc4)cccc23)CC1. The number of nitrogens with two attached hydrogens (primary N) is 1. The summed E-state index contributed by atoms with van der Waals surface area (Å²) in [6.45, 7) is 1.50. The number of aromatic amines is 1. The van der Waals surface area contributed by atoms with E-state index >= 15 is 0 Å². The number of aromatic nitrogens is 2. The van der Waals surface area contributed by atoms with Gasteiger partial charge in [-0.2, -0.15) is 5.10 Å². The number of halogens is 2. The van der Waals surface area contributed by atoms with E-state index < -0.39 is 0 Å². The third-order valence-corrected chi connectivity index (χ3v) is 6.22. The Morgan fingerprint density at radius 3 is 2.36 bits per heavy atom. The standard InChI is InChI=1S/C26H26N4O.2ClH/c27-20-4-3-16-30(17-14-20)26(31)24-8-2-6-22-21(5-1-7-23(22)24)18-9-11-19(12-10-18)25-13-15-28-29-25;;/h1-2,5-13,15,20H,3-4,14,16-17,27H2,(H,28,29);2*1H. The van der Waals surface area contributed by atoms with Gasteiger partial charge in [-0.3, -0.25) is 9.89 Å². The largest absolute Gasteiger partial charge is 0.339 e. The van der Waals surface area contributed by atoms with Gasteiger partial charge < -0.3 is 10.6 Å². The molecule has 1 atom stereocenters. The molecule has 2 heterocycles. The molecule has 5 nitrogen and oxygen atoms in total. The Morgan fingerprint density at radius 2 is 1.61 bits per heavy atom. The molecule has 3 aromatic carbocycles. The quantitative estimate of drug-likeness (QED) is 0.393. The number of hydrogen-bond donors (Lipinski definition) is 2. The van der Waals surface area contributed by atoms with E-state index in [-0.39, 0.29) is 36.8 Å². The van der Waals surface area contributed by atoms with Crippen LogP contribution in [-0.2, 0) is 0 Å². The highest BCUT2D eigenvalue weighted by Gasteiger charge is 2.21. The van der Waals surface area contributed by atoms with Gasteiger partial charge in [0.05, 0.1) is 5.69 Å². The predicted molar refractivity (Wildman–Crippen MR) is 139 cm³/mol. The molecule has 0 aliphatic carbocycles. The van der Waals surface area contributed by atoms with Crippen molar-refractivity contribution in [3.8, 4) is 22.4 Å². The molecule has 1 fully saturated rings. The van der Waals surface area contributed by atoms with Gasteiger partial charge in [0, 0.05) is 30.9 Å². The summed E-state index contributed by atoms with van der Waals surface area (Å²) in [5.41, 5.74) is 11.2. The molecule has 0 radical (unpaired) electrons. The highest BCUT2D eigenvalue weighted by Crippen LogP contribution is 2.32. The highest BCUT2D eigenvalue weighted by atomic mass is 35.5. The number of carbonyl (C=O) groups is 1. The average Bonchev–Trinajstić information content (AvgIpc) is 3.26. The topological polar surface area (TPSA) is 75.0 Å². The normalized spacial score (nSPS) is 15.9. The van der Waals surface area contributed by atoms with Gasteiger partial charge in [-0.05, 0) is 58.9 Å². The van der Waals surface area contributed by atoms with Gasteiger partial charge in [-0.1, -0.05) is 54.6 Å². The van der Waals surface area contributed by atoms with Crippen molar-refractivity contribution >= 4 is 41.5 Å². The summed E-state index contributed by atoms with van der Waals surface area (Å²) in [4.78, 5) is 15.3. The van der Waals surface area contributed by atoms with Crippen molar-refractivity contribution < 1.29 is 4.79 Å². The number of amides is 1. The van der Waals surface area contributed by atoms with Crippen LogP contribution in [0.25, 0.3) is 33.2 Å². The summed E-state index contributed by atoms with van der Waals surface area (Å²) in [6.07, 6.45) is 4.57. The van der Waals surface area contributed by atoms with Crippen molar-refractivity contribution in [2.75, 3.05) is 13.1 Å². The molecule has 7 heteroatoms. The number of rotatable bonds is 3. The predicted octanol–water partition coefficient (Wildman–Crippen LogP) is 5.69. The molecule has 1 unspecified atom stereocenters. The molecule has 1 aliphatic heterocycles. The lowest BCUT2D eigenvalue weighted by molar-refractivity contribution is 0.0763. The minimum absolute atomic E-state index is 0. The van der Waals surface area contributed by atoms with Crippen molar-refractivity contribution in [3.63, 3.8) is 0 Å². The fourth-order valence-electron chi connectivity index (χ4n) is 4.49. The van der Waals surface area contributed by atoms with Crippen LogP contribution in [0.5, 0.6) is 0 Å². The second-order valence-corrected chi connectivity index (χ2v) is 8.24. The molecule has 4 aromatic rings. The number of nitrogens with one attached hydrogen (secondary N) is 1. The van der Waals surface area contributed by atoms with Gasteiger partial charge in [0.2, 0.25) is 0 Å². The van der Waals surface area contributed by atoms with Gasteiger partial charge in [-0.15, -0.1) is 24.8 Å². The van der Waals surface area contributed by atoms with Crippen molar-refractivity contribution in [2.24, 2.45) is 5.73 Å². The first-order valence-electron chi connectivity index (χ1n) is 10.9. The molecule has 5 rings (SSSR count). The van der Waals surface area contributed by atoms with Gasteiger partial charge in [0.15, 0.2) is 0 Å². The fourth-order valence-corrected chi connectivity index (χ4v) is 4.49. The Labute approximate surface area is 206 Å². The molecule has 0 saturated carbocycles. The van der Waals surface area contributed by atoms with Crippen molar-refractivity contribution in [2.45, 2.75) is 25.3 Å². The van der Waals surface area contributed by atoms with Crippen molar-refractivity contribution in [1.29, 1.82) is 0 Å². The highest BCUT2D eigenvalue weighted by molar-refractivity contribution is 6.10. The van der Waals surface area contributed by atoms with Gasteiger partial charge in [0.25, 0.3) is 5.91 Å². The third kappa shape index (κ3) is 5.06. The maximum atomic E-state index is 13.4. The number of benzene rings is 3. The Bertz CT molecular complexity index is 1210. The average molecular weight is 483 g/mol. The molecular formula is C26H28Cl2N4O. The van der Waals surface area contributed by atoms with Crippen molar-refractivity contribution in [3.05, 3.63) is 78.5 Å². The van der Waals surface area contributed by atoms with Crippen LogP contribution in [0, 0.1) is 0 Å². The number of fused-ring (bicyclic) bond motifs is 1. The first-order chi connectivity index (χ1) is 15.2. The number of carbonyl (C=O) groups excluding carboxylic acids is 1. The lowest BCUT2D eigenvalue weighted by atomic mass is 9.94. The van der Waals surface area contributed by atoms with Gasteiger partial charge in [0.1, 0.15) is 0 Å². The lowest BCUT2D eigenvalue weighted by Crippen LogP contribution is -2.32. The Balaban J connectivity index is 0.00000153. The summed E-state index contributed by atoms with van der Waals surface area (Å²) < 4.78 is 0. The molecule has 1 saturated heterocycles. The van der Waals surface area contributed by atoms with E-state index in [9.17, 15) is 4.79 Å². The second kappa shape index (κ2) is 10.8. The van der Waals surface area contributed by atoms with E-state index in [2.05, 4.69) is 52.7 Å². The van der Waals surface area contributed by atoms with Crippen LogP contribution in [0.4, 0.5) is 0 Å². The molecule has 1 aliphatic rings. The van der Waals surface area contributed by atoms with E-state index in [1.165, 1.54) is 0 Å². The van der Waals surface area contributed by atoms with Crippen LogP contribution in [-0.4, -0.2) is 40.1 Å². The maximum Gasteiger partial charge on any atom is 0.254 e. The second-order valence-electron chi connectivity index (χ2n) is 8.24. The zero-order valence-corrected chi connectivity index (χ0v) is 19.9. The van der Waals surface area contributed by atoms with E-state index in [1.54, 1.807) is 6.20 Å². The number of likely N-dealkylation sites (tertiary alicyclic amines) is 1. The summed E-state index contributed by atoms with van der Waals surface area (Å²) >= 11 is 0. The number of H-pyrrole nitrogens is 1. The molecule has 33 heavy (non-hydrogen) atoms. The van der Waals surface area contributed by atoms with Crippen LogP contribution in [0.1, 0.15) is 29.6 Å². The third-order valence-electron chi connectivity index (χ3n) is 6.22. The van der Waals surface area contributed by atoms with E-state index in [4.69, 9.17) is 5.73 Å². The fraction of sp³-hybridized carbons (Fsp3) is 0.231. The van der Waals surface area contributed by atoms with Gasteiger partial charge in [-0.25, -0.2) is 0 Å². The van der Waals surface area contributed by atoms with Crippen LogP contribution in [0.3, 0.4) is 0 Å². The molecular weight excluding hydrogens is 455 g/mol. The van der Waals surface area contributed by atoms with Crippen LogP contribution < -0.4 is 5.73 Å². The molecule has 0 bridgehead atoms. The van der Waals surface area contributed by atoms with E-state index in [0.29, 0.717) is 0 Å². The first kappa shape index (κ1) is 24.8. The minimum atomic E-state index is 0. The molecule has 172 valence electrons.